The lowest BCUT2D eigenvalue weighted by molar-refractivity contribution is 0.276. The number of hydrogen-bond acceptors (Lipinski definition) is 4. The molecule has 102 valence electrons. The molecule has 2 rings (SSSR count). The van der Waals surface area contributed by atoms with E-state index < -0.39 is 10.0 Å². The lowest BCUT2D eigenvalue weighted by atomic mass is 10.2. The Hall–Kier alpha value is -0.920. The minimum absolute atomic E-state index is 0.00482. The molecule has 2 unspecified atom stereocenters. The van der Waals surface area contributed by atoms with Gasteiger partial charge in [-0.3, -0.25) is 5.10 Å². The van der Waals surface area contributed by atoms with E-state index in [1.807, 2.05) is 13.8 Å². The van der Waals surface area contributed by atoms with Crippen molar-refractivity contribution in [3.8, 4) is 0 Å². The molecular weight excluding hydrogens is 254 g/mol. The third kappa shape index (κ3) is 2.06. The number of aromatic amines is 1. The lowest BCUT2D eigenvalue weighted by Crippen LogP contribution is -2.40. The van der Waals surface area contributed by atoms with Gasteiger partial charge in [-0.15, -0.1) is 0 Å². The maximum Gasteiger partial charge on any atom is 0.260 e. The standard InChI is InChI=1S/C11H19N3O3S/c1-3-10-5-4-8(2)14(10)18(16,17)11-9(7-15)6-12-13-11/h6,8,10,15H,3-5,7H2,1-2H3,(H,12,13). The molecule has 0 spiro atoms. The van der Waals surface area contributed by atoms with Crippen LogP contribution in [0.5, 0.6) is 0 Å². The highest BCUT2D eigenvalue weighted by Crippen LogP contribution is 2.32. The molecule has 0 amide bonds. The normalized spacial score (nSPS) is 25.7. The Balaban J connectivity index is 2.42. The maximum absolute atomic E-state index is 12.6. The molecule has 6 nitrogen and oxygen atoms in total. The second-order valence-electron chi connectivity index (χ2n) is 4.71. The lowest BCUT2D eigenvalue weighted by Gasteiger charge is -2.26. The van der Waals surface area contributed by atoms with E-state index in [0.29, 0.717) is 5.56 Å². The molecule has 2 atom stereocenters. The van der Waals surface area contributed by atoms with E-state index in [9.17, 15) is 8.42 Å². The maximum atomic E-state index is 12.6. The molecule has 1 aromatic rings. The van der Waals surface area contributed by atoms with Crippen molar-refractivity contribution in [1.82, 2.24) is 14.5 Å². The van der Waals surface area contributed by atoms with Gasteiger partial charge in [0.25, 0.3) is 10.0 Å². The van der Waals surface area contributed by atoms with E-state index in [1.165, 1.54) is 6.20 Å². The summed E-state index contributed by atoms with van der Waals surface area (Å²) in [4.78, 5) is 0. The van der Waals surface area contributed by atoms with Crippen molar-refractivity contribution in [1.29, 1.82) is 0 Å². The van der Waals surface area contributed by atoms with E-state index in [0.717, 1.165) is 19.3 Å². The van der Waals surface area contributed by atoms with Crippen LogP contribution in [-0.4, -0.2) is 40.1 Å². The molecule has 0 radical (unpaired) electrons. The van der Waals surface area contributed by atoms with Crippen LogP contribution in [-0.2, 0) is 16.6 Å². The topological polar surface area (TPSA) is 86.3 Å². The number of sulfonamides is 1. The molecule has 1 fully saturated rings. The van der Waals surface area contributed by atoms with E-state index >= 15 is 0 Å². The third-order valence-electron chi connectivity index (χ3n) is 3.57. The van der Waals surface area contributed by atoms with Crippen molar-refractivity contribution in [3.05, 3.63) is 11.8 Å². The van der Waals surface area contributed by atoms with E-state index in [4.69, 9.17) is 5.11 Å². The fourth-order valence-corrected chi connectivity index (χ4v) is 4.66. The summed E-state index contributed by atoms with van der Waals surface area (Å²) in [5.41, 5.74) is 0.323. The van der Waals surface area contributed by atoms with Gasteiger partial charge in [0.05, 0.1) is 12.8 Å². The second-order valence-corrected chi connectivity index (χ2v) is 6.49. The third-order valence-corrected chi connectivity index (χ3v) is 5.65. The molecule has 1 aliphatic heterocycles. The number of aliphatic hydroxyl groups excluding tert-OH is 1. The molecule has 1 saturated heterocycles. The molecule has 1 aromatic heterocycles. The average molecular weight is 273 g/mol. The summed E-state index contributed by atoms with van der Waals surface area (Å²) in [6.45, 7) is 3.58. The Labute approximate surface area is 107 Å². The zero-order chi connectivity index (χ0) is 13.3. The van der Waals surface area contributed by atoms with E-state index in [1.54, 1.807) is 4.31 Å². The monoisotopic (exact) mass is 273 g/mol. The van der Waals surface area contributed by atoms with Crippen molar-refractivity contribution in [2.75, 3.05) is 0 Å². The summed E-state index contributed by atoms with van der Waals surface area (Å²) in [6.07, 6.45) is 3.92. The SMILES string of the molecule is CCC1CCC(C)N1S(=O)(=O)c1[nH]ncc1CO. The highest BCUT2D eigenvalue weighted by Gasteiger charge is 2.40. The number of nitrogens with zero attached hydrogens (tertiary/aromatic N) is 2. The predicted molar refractivity (Wildman–Crippen MR) is 66.3 cm³/mol. The fraction of sp³-hybridized carbons (Fsp3) is 0.727. The van der Waals surface area contributed by atoms with Gasteiger partial charge in [0, 0.05) is 17.6 Å². The first-order valence-electron chi connectivity index (χ1n) is 6.19. The van der Waals surface area contributed by atoms with Gasteiger partial charge in [0.1, 0.15) is 0 Å². The Morgan fingerprint density at radius 1 is 1.56 bits per heavy atom. The summed E-state index contributed by atoms with van der Waals surface area (Å²) in [5.74, 6) is 0. The average Bonchev–Trinajstić information content (AvgIpc) is 2.94. The summed E-state index contributed by atoms with van der Waals surface area (Å²) < 4.78 is 26.8. The van der Waals surface area contributed by atoms with Crippen LogP contribution >= 0.6 is 0 Å². The second kappa shape index (κ2) is 4.99. The molecule has 0 aliphatic carbocycles. The quantitative estimate of drug-likeness (QED) is 0.851. The van der Waals surface area contributed by atoms with Crippen LogP contribution in [0.3, 0.4) is 0 Å². The first kappa shape index (κ1) is 13.5. The smallest absolute Gasteiger partial charge is 0.260 e. The summed E-state index contributed by atoms with van der Waals surface area (Å²) >= 11 is 0. The number of rotatable bonds is 4. The van der Waals surface area contributed by atoms with Gasteiger partial charge < -0.3 is 5.11 Å². The van der Waals surface area contributed by atoms with Gasteiger partial charge >= 0.3 is 0 Å². The number of aliphatic hydroxyl groups is 1. The van der Waals surface area contributed by atoms with Crippen LogP contribution in [0.2, 0.25) is 0 Å². The number of aromatic nitrogens is 2. The zero-order valence-corrected chi connectivity index (χ0v) is 11.4. The fourth-order valence-electron chi connectivity index (χ4n) is 2.61. The highest BCUT2D eigenvalue weighted by atomic mass is 32.2. The van der Waals surface area contributed by atoms with Gasteiger partial charge in [0.2, 0.25) is 0 Å². The first-order valence-corrected chi connectivity index (χ1v) is 7.63. The Kier molecular flexibility index (Phi) is 3.74. The minimum atomic E-state index is -3.59. The van der Waals surface area contributed by atoms with Gasteiger partial charge in [-0.2, -0.15) is 9.40 Å². The summed E-state index contributed by atoms with van der Waals surface area (Å²) in [6, 6.07) is 0.0367. The van der Waals surface area contributed by atoms with Crippen molar-refractivity contribution in [3.63, 3.8) is 0 Å². The van der Waals surface area contributed by atoms with Crippen LogP contribution in [0.15, 0.2) is 11.2 Å². The molecular formula is C11H19N3O3S. The van der Waals surface area contributed by atoms with Crippen LogP contribution in [0.4, 0.5) is 0 Å². The van der Waals surface area contributed by atoms with Crippen molar-refractivity contribution in [2.45, 2.75) is 56.8 Å². The number of H-pyrrole nitrogens is 1. The van der Waals surface area contributed by atoms with Crippen molar-refractivity contribution >= 4 is 10.0 Å². The van der Waals surface area contributed by atoms with Crippen molar-refractivity contribution in [2.24, 2.45) is 0 Å². The first-order chi connectivity index (χ1) is 8.52. The molecule has 18 heavy (non-hydrogen) atoms. The minimum Gasteiger partial charge on any atom is -0.392 e. The number of hydrogen-bond donors (Lipinski definition) is 2. The Morgan fingerprint density at radius 2 is 2.28 bits per heavy atom. The molecule has 0 bridgehead atoms. The molecule has 1 aliphatic rings. The van der Waals surface area contributed by atoms with Crippen LogP contribution < -0.4 is 0 Å². The molecule has 7 heteroatoms. The molecule has 0 aromatic carbocycles. The molecule has 2 heterocycles. The summed E-state index contributed by atoms with van der Waals surface area (Å²) in [5, 5.41) is 15.4. The van der Waals surface area contributed by atoms with Crippen LogP contribution in [0.25, 0.3) is 0 Å². The highest BCUT2D eigenvalue weighted by molar-refractivity contribution is 7.89. The predicted octanol–water partition coefficient (Wildman–Crippen LogP) is 0.854. The number of nitrogens with one attached hydrogen (secondary N) is 1. The van der Waals surface area contributed by atoms with E-state index in [-0.39, 0.29) is 23.7 Å². The van der Waals surface area contributed by atoms with Crippen LogP contribution in [0.1, 0.15) is 38.7 Å². The molecule has 2 N–H and O–H groups in total. The van der Waals surface area contributed by atoms with Gasteiger partial charge in [-0.25, -0.2) is 8.42 Å². The van der Waals surface area contributed by atoms with Crippen molar-refractivity contribution < 1.29 is 13.5 Å². The largest absolute Gasteiger partial charge is 0.392 e. The van der Waals surface area contributed by atoms with Gasteiger partial charge in [0.15, 0.2) is 5.03 Å². The van der Waals surface area contributed by atoms with Gasteiger partial charge in [-0.1, -0.05) is 6.92 Å². The zero-order valence-electron chi connectivity index (χ0n) is 10.6. The summed E-state index contributed by atoms with van der Waals surface area (Å²) in [7, 11) is -3.59. The molecule has 0 saturated carbocycles. The Bertz CT molecular complexity index is 511. The Morgan fingerprint density at radius 3 is 2.89 bits per heavy atom. The van der Waals surface area contributed by atoms with Crippen LogP contribution in [0, 0.1) is 0 Å². The van der Waals surface area contributed by atoms with Gasteiger partial charge in [-0.05, 0) is 26.2 Å². The van der Waals surface area contributed by atoms with E-state index in [2.05, 4.69) is 10.2 Å².